The molecule has 0 radical (unpaired) electrons. The topological polar surface area (TPSA) is 72.5 Å². The molecule has 1 aromatic heterocycles. The van der Waals surface area contributed by atoms with Crippen molar-refractivity contribution in [1.82, 2.24) is 0 Å². The Morgan fingerprint density at radius 1 is 0.892 bits per heavy atom. The molecular weight excluding hydrogens is 526 g/mol. The summed E-state index contributed by atoms with van der Waals surface area (Å²) < 4.78 is 29.7. The second-order valence-corrected chi connectivity index (χ2v) is 14.3. The molecule has 3 aromatic carbocycles. The summed E-state index contributed by atoms with van der Waals surface area (Å²) in [5.41, 5.74) is 2.98. The quantitative estimate of drug-likeness (QED) is 0.257. The Labute approximate surface area is 227 Å². The second-order valence-electron chi connectivity index (χ2n) is 10.2. The van der Waals surface area contributed by atoms with Gasteiger partial charge in [0.05, 0.1) is 16.7 Å². The molecule has 0 saturated carbocycles. The molecule has 0 fully saturated rings. The minimum Gasteiger partial charge on any atom is -0.497 e. The minimum atomic E-state index is -3.31. The summed E-state index contributed by atoms with van der Waals surface area (Å²) in [6.07, 6.45) is 1.23. The average Bonchev–Trinajstić information content (AvgIpc) is 3.27. The van der Waals surface area contributed by atoms with Gasteiger partial charge < -0.3 is 10.1 Å². The predicted molar refractivity (Wildman–Crippen MR) is 154 cm³/mol. The van der Waals surface area contributed by atoms with Crippen LogP contribution in [0.15, 0.2) is 66.7 Å². The van der Waals surface area contributed by atoms with E-state index in [9.17, 15) is 13.2 Å². The van der Waals surface area contributed by atoms with Crippen LogP contribution in [-0.4, -0.2) is 27.7 Å². The summed E-state index contributed by atoms with van der Waals surface area (Å²) in [6, 6.07) is 20.8. The first-order valence-electron chi connectivity index (χ1n) is 11.7. The lowest BCUT2D eigenvalue weighted by molar-refractivity contribution is 0.103. The first-order chi connectivity index (χ1) is 17.2. The average molecular weight is 556 g/mol. The molecule has 0 bridgehead atoms. The molecule has 4 rings (SSSR count). The summed E-state index contributed by atoms with van der Waals surface area (Å²) in [4.78, 5) is 13.7. The Hall–Kier alpha value is -2.87. The smallest absolute Gasteiger partial charge is 0.265 e. The Morgan fingerprint density at radius 3 is 2.16 bits per heavy atom. The first-order valence-corrected chi connectivity index (χ1v) is 14.8. The van der Waals surface area contributed by atoms with Gasteiger partial charge in [-0.05, 0) is 84.5 Å². The molecule has 0 unspecified atom stereocenters. The highest BCUT2D eigenvalue weighted by Crippen LogP contribution is 2.37. The molecule has 37 heavy (non-hydrogen) atoms. The van der Waals surface area contributed by atoms with Crippen molar-refractivity contribution in [3.05, 3.63) is 93.3 Å². The highest BCUT2D eigenvalue weighted by molar-refractivity contribution is 7.91. The van der Waals surface area contributed by atoms with E-state index in [1.54, 1.807) is 33.1 Å². The molecular formula is C29H30ClNO4S2. The van der Waals surface area contributed by atoms with Crippen LogP contribution < -0.4 is 10.1 Å². The van der Waals surface area contributed by atoms with Gasteiger partial charge in [-0.25, -0.2) is 8.42 Å². The van der Waals surface area contributed by atoms with E-state index in [0.717, 1.165) is 27.0 Å². The number of hydrogen-bond donors (Lipinski definition) is 1. The molecule has 5 nitrogen and oxygen atoms in total. The van der Waals surface area contributed by atoms with E-state index in [1.807, 2.05) is 54.6 Å². The zero-order chi connectivity index (χ0) is 27.2. The highest BCUT2D eigenvalue weighted by Gasteiger charge is 2.32. The van der Waals surface area contributed by atoms with Crippen LogP contribution in [0, 0.1) is 0 Å². The summed E-state index contributed by atoms with van der Waals surface area (Å²) in [5.74, 6) is 0.537. The van der Waals surface area contributed by atoms with E-state index in [-0.39, 0.29) is 11.3 Å². The first kappa shape index (κ1) is 27.2. The van der Waals surface area contributed by atoms with E-state index in [2.05, 4.69) is 19.2 Å². The normalized spacial score (nSPS) is 12.5. The lowest BCUT2D eigenvalue weighted by Crippen LogP contribution is -2.27. The number of nitrogens with one attached hydrogen (secondary N) is 1. The minimum absolute atomic E-state index is 0.249. The van der Waals surface area contributed by atoms with Crippen molar-refractivity contribution < 1.29 is 17.9 Å². The monoisotopic (exact) mass is 555 g/mol. The van der Waals surface area contributed by atoms with Gasteiger partial charge in [-0.3, -0.25) is 4.79 Å². The summed E-state index contributed by atoms with van der Waals surface area (Å²) >= 11 is 7.82. The fraction of sp³-hybridized carbons (Fsp3) is 0.276. The number of sulfone groups is 1. The third-order valence-corrected chi connectivity index (χ3v) is 10.5. The lowest BCUT2D eigenvalue weighted by Gasteiger charge is -2.27. The van der Waals surface area contributed by atoms with E-state index in [4.69, 9.17) is 16.3 Å². The van der Waals surface area contributed by atoms with Gasteiger partial charge in [0.2, 0.25) is 0 Å². The van der Waals surface area contributed by atoms with E-state index >= 15 is 0 Å². The molecule has 0 aliphatic carbocycles. The molecule has 0 aliphatic heterocycles. The number of halogens is 1. The number of thiophene rings is 1. The highest BCUT2D eigenvalue weighted by atomic mass is 35.5. The largest absolute Gasteiger partial charge is 0.497 e. The number of rotatable bonds is 7. The number of fused-ring (bicyclic) bond motifs is 1. The van der Waals surface area contributed by atoms with Crippen LogP contribution >= 0.6 is 22.9 Å². The van der Waals surface area contributed by atoms with Crippen LogP contribution in [0.4, 0.5) is 5.69 Å². The van der Waals surface area contributed by atoms with Gasteiger partial charge in [0, 0.05) is 27.1 Å². The molecule has 0 saturated heterocycles. The van der Waals surface area contributed by atoms with E-state index in [1.165, 1.54) is 17.6 Å². The Kier molecular flexibility index (Phi) is 7.18. The van der Waals surface area contributed by atoms with Gasteiger partial charge >= 0.3 is 0 Å². The van der Waals surface area contributed by atoms with Gasteiger partial charge in [-0.15, -0.1) is 11.3 Å². The Bertz CT molecular complexity index is 1590. The molecule has 1 N–H and O–H groups in total. The number of anilines is 1. The molecule has 0 atom stereocenters. The SMILES string of the molecule is COc1ccc(C(C)(C)c2cc(Cl)cc(NC(=O)c3cc4cc(C(C)(C)S(C)(=O)=O)ccc4s3)c2)cc1. The number of amides is 1. The van der Waals surface area contributed by atoms with Crippen molar-refractivity contribution in [3.63, 3.8) is 0 Å². The van der Waals surface area contributed by atoms with E-state index < -0.39 is 14.6 Å². The third kappa shape index (κ3) is 5.40. The van der Waals surface area contributed by atoms with Crippen molar-refractivity contribution in [2.75, 3.05) is 18.7 Å². The third-order valence-electron chi connectivity index (χ3n) is 7.05. The maximum Gasteiger partial charge on any atom is 0.265 e. The fourth-order valence-electron chi connectivity index (χ4n) is 4.13. The number of benzene rings is 3. The van der Waals surface area contributed by atoms with Crippen molar-refractivity contribution in [3.8, 4) is 5.75 Å². The van der Waals surface area contributed by atoms with Gasteiger partial charge in [0.1, 0.15) is 5.75 Å². The molecule has 0 spiro atoms. The molecule has 8 heteroatoms. The molecule has 194 valence electrons. The predicted octanol–water partition coefficient (Wildman–Crippen LogP) is 7.42. The van der Waals surface area contributed by atoms with Gasteiger partial charge in [0.15, 0.2) is 9.84 Å². The standard InChI is InChI=1S/C29H30ClNO4S2/c1-28(2,19-7-10-24(35-5)11-8-19)21-15-22(30)17-23(16-21)31-27(32)26-14-18-13-20(9-12-25(18)36-26)29(3,4)37(6,33)34/h7-17H,1-6H3,(H,31,32). The fourth-order valence-corrected chi connectivity index (χ4v) is 5.86. The van der Waals surface area contributed by atoms with Crippen molar-refractivity contribution >= 4 is 54.5 Å². The van der Waals surface area contributed by atoms with Crippen molar-refractivity contribution in [2.24, 2.45) is 0 Å². The maximum atomic E-state index is 13.2. The Balaban J connectivity index is 1.62. The van der Waals surface area contributed by atoms with Crippen LogP contribution in [0.25, 0.3) is 10.1 Å². The maximum absolute atomic E-state index is 13.2. The van der Waals surface area contributed by atoms with Crippen LogP contribution in [0.2, 0.25) is 5.02 Å². The van der Waals surface area contributed by atoms with Gasteiger partial charge in [-0.2, -0.15) is 0 Å². The van der Waals surface area contributed by atoms with Crippen molar-refractivity contribution in [1.29, 1.82) is 0 Å². The molecule has 1 amide bonds. The lowest BCUT2D eigenvalue weighted by atomic mass is 9.78. The zero-order valence-corrected chi connectivity index (χ0v) is 24.1. The molecule has 0 aliphatic rings. The number of hydrogen-bond acceptors (Lipinski definition) is 5. The zero-order valence-electron chi connectivity index (χ0n) is 21.7. The van der Waals surface area contributed by atoms with Crippen LogP contribution in [0.3, 0.4) is 0 Å². The van der Waals surface area contributed by atoms with E-state index in [0.29, 0.717) is 21.2 Å². The summed E-state index contributed by atoms with van der Waals surface area (Å²) in [7, 11) is -1.68. The molecule has 1 heterocycles. The number of carbonyl (C=O) groups is 1. The summed E-state index contributed by atoms with van der Waals surface area (Å²) in [5, 5.41) is 4.34. The summed E-state index contributed by atoms with van der Waals surface area (Å²) in [6.45, 7) is 7.59. The van der Waals surface area contributed by atoms with Crippen molar-refractivity contribution in [2.45, 2.75) is 37.9 Å². The second kappa shape index (κ2) is 9.78. The number of methoxy groups -OCH3 is 1. The number of carbonyl (C=O) groups excluding carboxylic acids is 1. The Morgan fingerprint density at radius 2 is 1.54 bits per heavy atom. The van der Waals surface area contributed by atoms with Crippen LogP contribution in [0.1, 0.15) is 54.1 Å². The van der Waals surface area contributed by atoms with Crippen LogP contribution in [-0.2, 0) is 20.0 Å². The van der Waals surface area contributed by atoms with Gasteiger partial charge in [0.25, 0.3) is 5.91 Å². The molecule has 4 aromatic rings. The van der Waals surface area contributed by atoms with Crippen LogP contribution in [0.5, 0.6) is 5.75 Å². The van der Waals surface area contributed by atoms with Gasteiger partial charge in [-0.1, -0.05) is 43.6 Å². The number of ether oxygens (including phenoxy) is 1.